The van der Waals surface area contributed by atoms with Crippen molar-refractivity contribution in [3.05, 3.63) is 41.7 Å². The molecule has 100 valence electrons. The number of nitrogens with one attached hydrogen (secondary N) is 1. The van der Waals surface area contributed by atoms with Crippen LogP contribution >= 0.6 is 0 Å². The van der Waals surface area contributed by atoms with Crippen LogP contribution in [0.1, 0.15) is 15.9 Å². The molecular weight excluding hydrogens is 244 g/mol. The van der Waals surface area contributed by atoms with Gasteiger partial charge in [0.15, 0.2) is 0 Å². The van der Waals surface area contributed by atoms with Crippen LogP contribution in [-0.2, 0) is 6.54 Å². The van der Waals surface area contributed by atoms with Crippen molar-refractivity contribution in [1.29, 1.82) is 0 Å². The van der Waals surface area contributed by atoms with Crippen LogP contribution in [0.5, 0.6) is 5.75 Å². The molecule has 1 aromatic carbocycles. The number of nitrogens with two attached hydrogens (primary N) is 1. The molecule has 0 aliphatic rings. The second-order valence-corrected chi connectivity index (χ2v) is 4.23. The third kappa shape index (κ3) is 2.85. The monoisotopic (exact) mass is 260 g/mol. The van der Waals surface area contributed by atoms with Crippen LogP contribution in [0.2, 0.25) is 0 Å². The number of methoxy groups -OCH3 is 1. The molecule has 1 aromatic heterocycles. The number of rotatable bonds is 4. The van der Waals surface area contributed by atoms with Crippen molar-refractivity contribution >= 4 is 11.6 Å². The van der Waals surface area contributed by atoms with E-state index in [2.05, 4.69) is 10.2 Å². The Balaban J connectivity index is 2.19. The number of nitrogens with zero attached hydrogens (tertiary/aromatic N) is 2. The molecule has 6 heteroatoms. The molecular formula is C13H16N4O2. The molecule has 0 bridgehead atoms. The Kier molecular flexibility index (Phi) is 3.70. The molecule has 2 rings (SSSR count). The summed E-state index contributed by atoms with van der Waals surface area (Å²) in [6.07, 6.45) is 3.44. The standard InChI is InChI=1S/C13H16N4O2/c1-17(8-9-6-15-16-7-9)13(18)11-4-3-10(14)5-12(11)19-2/h3-7H,8,14H2,1-2H3,(H,15,16). The zero-order valence-corrected chi connectivity index (χ0v) is 10.9. The smallest absolute Gasteiger partial charge is 0.257 e. The van der Waals surface area contributed by atoms with E-state index in [4.69, 9.17) is 10.5 Å². The zero-order valence-electron chi connectivity index (χ0n) is 10.9. The first-order chi connectivity index (χ1) is 9.11. The highest BCUT2D eigenvalue weighted by molar-refractivity contribution is 5.97. The van der Waals surface area contributed by atoms with Gasteiger partial charge in [0.05, 0.1) is 18.9 Å². The molecule has 0 unspecified atom stereocenters. The molecule has 0 aliphatic heterocycles. The van der Waals surface area contributed by atoms with Gasteiger partial charge >= 0.3 is 0 Å². The normalized spacial score (nSPS) is 10.2. The first-order valence-electron chi connectivity index (χ1n) is 5.78. The van der Waals surface area contributed by atoms with Gasteiger partial charge in [-0.25, -0.2) is 0 Å². The Morgan fingerprint density at radius 1 is 1.53 bits per heavy atom. The van der Waals surface area contributed by atoms with Crippen LogP contribution in [0.25, 0.3) is 0 Å². The van der Waals surface area contributed by atoms with Gasteiger partial charge in [-0.15, -0.1) is 0 Å². The van der Waals surface area contributed by atoms with Crippen LogP contribution in [0.3, 0.4) is 0 Å². The predicted octanol–water partition coefficient (Wildman–Crippen LogP) is 1.27. The third-order valence-corrected chi connectivity index (χ3v) is 2.78. The van der Waals surface area contributed by atoms with Crippen LogP contribution in [0, 0.1) is 0 Å². The highest BCUT2D eigenvalue weighted by Crippen LogP contribution is 2.23. The van der Waals surface area contributed by atoms with Gasteiger partial charge in [0, 0.05) is 37.1 Å². The zero-order chi connectivity index (χ0) is 13.8. The average Bonchev–Trinajstić information content (AvgIpc) is 2.90. The number of benzene rings is 1. The lowest BCUT2D eigenvalue weighted by molar-refractivity contribution is 0.0782. The summed E-state index contributed by atoms with van der Waals surface area (Å²) in [5, 5.41) is 6.56. The fourth-order valence-electron chi connectivity index (χ4n) is 1.80. The molecule has 0 saturated heterocycles. The minimum atomic E-state index is -0.127. The van der Waals surface area contributed by atoms with E-state index in [1.165, 1.54) is 7.11 Å². The number of aromatic amines is 1. The minimum absolute atomic E-state index is 0.127. The van der Waals surface area contributed by atoms with Gasteiger partial charge < -0.3 is 15.4 Å². The summed E-state index contributed by atoms with van der Waals surface area (Å²) in [5.41, 5.74) is 7.66. The number of H-pyrrole nitrogens is 1. The van der Waals surface area contributed by atoms with Crippen LogP contribution in [-0.4, -0.2) is 35.2 Å². The van der Waals surface area contributed by atoms with E-state index in [0.717, 1.165) is 5.56 Å². The van der Waals surface area contributed by atoms with Gasteiger partial charge in [0.25, 0.3) is 5.91 Å². The van der Waals surface area contributed by atoms with Gasteiger partial charge in [-0.2, -0.15) is 5.10 Å². The number of carbonyl (C=O) groups is 1. The van der Waals surface area contributed by atoms with Crippen LogP contribution in [0.15, 0.2) is 30.6 Å². The lowest BCUT2D eigenvalue weighted by Crippen LogP contribution is -2.26. The molecule has 19 heavy (non-hydrogen) atoms. The van der Waals surface area contributed by atoms with Gasteiger partial charge in [0.2, 0.25) is 0 Å². The van der Waals surface area contributed by atoms with Crippen molar-refractivity contribution in [1.82, 2.24) is 15.1 Å². The number of ether oxygens (including phenoxy) is 1. The number of carbonyl (C=O) groups excluding carboxylic acids is 1. The molecule has 1 heterocycles. The van der Waals surface area contributed by atoms with E-state index in [1.54, 1.807) is 42.5 Å². The third-order valence-electron chi connectivity index (χ3n) is 2.78. The quantitative estimate of drug-likeness (QED) is 0.811. The number of anilines is 1. The summed E-state index contributed by atoms with van der Waals surface area (Å²) >= 11 is 0. The maximum absolute atomic E-state index is 12.3. The van der Waals surface area contributed by atoms with Crippen molar-refractivity contribution in [3.63, 3.8) is 0 Å². The summed E-state index contributed by atoms with van der Waals surface area (Å²) in [5.74, 6) is 0.349. The van der Waals surface area contributed by atoms with E-state index >= 15 is 0 Å². The fraction of sp³-hybridized carbons (Fsp3) is 0.231. The Hall–Kier alpha value is -2.50. The van der Waals surface area contributed by atoms with Gasteiger partial charge in [0.1, 0.15) is 5.75 Å². The largest absolute Gasteiger partial charge is 0.496 e. The van der Waals surface area contributed by atoms with Gasteiger partial charge in [-0.05, 0) is 12.1 Å². The highest BCUT2D eigenvalue weighted by Gasteiger charge is 2.17. The Bertz CT molecular complexity index is 566. The molecule has 0 radical (unpaired) electrons. The molecule has 3 N–H and O–H groups in total. The average molecular weight is 260 g/mol. The molecule has 6 nitrogen and oxygen atoms in total. The van der Waals surface area contributed by atoms with Crippen molar-refractivity contribution in [2.45, 2.75) is 6.54 Å². The van der Waals surface area contributed by atoms with Gasteiger partial charge in [-0.3, -0.25) is 9.89 Å². The van der Waals surface area contributed by atoms with E-state index < -0.39 is 0 Å². The number of hydrogen-bond acceptors (Lipinski definition) is 4. The molecule has 0 spiro atoms. The lowest BCUT2D eigenvalue weighted by atomic mass is 10.1. The molecule has 2 aromatic rings. The molecule has 0 aliphatic carbocycles. The Morgan fingerprint density at radius 3 is 2.95 bits per heavy atom. The topological polar surface area (TPSA) is 84.2 Å². The first-order valence-corrected chi connectivity index (χ1v) is 5.78. The van der Waals surface area contributed by atoms with E-state index in [-0.39, 0.29) is 5.91 Å². The molecule has 0 saturated carbocycles. The Morgan fingerprint density at radius 2 is 2.32 bits per heavy atom. The van der Waals surface area contributed by atoms with E-state index in [0.29, 0.717) is 23.5 Å². The van der Waals surface area contributed by atoms with Gasteiger partial charge in [-0.1, -0.05) is 0 Å². The second-order valence-electron chi connectivity index (χ2n) is 4.23. The minimum Gasteiger partial charge on any atom is -0.496 e. The highest BCUT2D eigenvalue weighted by atomic mass is 16.5. The van der Waals surface area contributed by atoms with E-state index in [9.17, 15) is 4.79 Å². The van der Waals surface area contributed by atoms with Crippen molar-refractivity contribution in [2.24, 2.45) is 0 Å². The summed E-state index contributed by atoms with van der Waals surface area (Å²) in [6, 6.07) is 4.99. The lowest BCUT2D eigenvalue weighted by Gasteiger charge is -2.18. The van der Waals surface area contributed by atoms with Crippen molar-refractivity contribution in [2.75, 3.05) is 19.9 Å². The summed E-state index contributed by atoms with van der Waals surface area (Å²) in [6.45, 7) is 0.475. The number of amides is 1. The Labute approximate surface area is 111 Å². The van der Waals surface area contributed by atoms with Crippen molar-refractivity contribution in [3.8, 4) is 5.75 Å². The van der Waals surface area contributed by atoms with Crippen LogP contribution in [0.4, 0.5) is 5.69 Å². The fourth-order valence-corrected chi connectivity index (χ4v) is 1.80. The molecule has 1 amide bonds. The first kappa shape index (κ1) is 12.9. The summed E-state index contributed by atoms with van der Waals surface area (Å²) in [7, 11) is 3.24. The summed E-state index contributed by atoms with van der Waals surface area (Å²) in [4.78, 5) is 13.9. The number of hydrogen-bond donors (Lipinski definition) is 2. The maximum Gasteiger partial charge on any atom is 0.257 e. The maximum atomic E-state index is 12.3. The second kappa shape index (κ2) is 5.43. The van der Waals surface area contributed by atoms with Crippen LogP contribution < -0.4 is 10.5 Å². The van der Waals surface area contributed by atoms with Crippen molar-refractivity contribution < 1.29 is 9.53 Å². The molecule has 0 fully saturated rings. The number of aromatic nitrogens is 2. The molecule has 0 atom stereocenters. The van der Waals surface area contributed by atoms with E-state index in [1.807, 2.05) is 0 Å². The predicted molar refractivity (Wildman–Crippen MR) is 71.8 cm³/mol. The summed E-state index contributed by atoms with van der Waals surface area (Å²) < 4.78 is 5.19. The number of nitrogen functional groups attached to an aromatic ring is 1. The SMILES string of the molecule is COc1cc(N)ccc1C(=O)N(C)Cc1cn[nH]c1.